The molecular weight excluding hydrogens is 244 g/mol. The molecule has 4 nitrogen and oxygen atoms in total. The molecule has 1 aliphatic rings. The number of aliphatic carboxylic acids is 1. The molecule has 18 heavy (non-hydrogen) atoms. The van der Waals surface area contributed by atoms with E-state index in [2.05, 4.69) is 0 Å². The Balaban J connectivity index is 2.58. The zero-order valence-electron chi connectivity index (χ0n) is 10.4. The number of hydrogen-bond acceptors (Lipinski definition) is 2. The van der Waals surface area contributed by atoms with E-state index in [4.69, 9.17) is 5.11 Å². The lowest BCUT2D eigenvalue weighted by atomic mass is 10.0. The van der Waals surface area contributed by atoms with E-state index in [-0.39, 0.29) is 12.3 Å². The minimum absolute atomic E-state index is 0.275. The van der Waals surface area contributed by atoms with E-state index in [1.807, 2.05) is 6.92 Å². The Morgan fingerprint density at radius 2 is 1.94 bits per heavy atom. The van der Waals surface area contributed by atoms with E-state index in [1.165, 1.54) is 4.90 Å². The number of nitrogens with zero attached hydrogens (tertiary/aromatic N) is 1. The molecule has 1 saturated carbocycles. The number of carbonyl (C=O) groups excluding carboxylic acids is 1. The number of hydrogen-bond donors (Lipinski definition) is 1. The van der Waals surface area contributed by atoms with Gasteiger partial charge in [-0.15, -0.1) is 0 Å². The summed E-state index contributed by atoms with van der Waals surface area (Å²) in [6.07, 6.45) is -0.706. The first-order valence-electron chi connectivity index (χ1n) is 6.25. The van der Waals surface area contributed by atoms with Gasteiger partial charge in [0.1, 0.15) is 0 Å². The second kappa shape index (κ2) is 6.66. The van der Waals surface area contributed by atoms with Crippen LogP contribution in [0.1, 0.15) is 32.6 Å². The number of halogens is 2. The number of carboxylic acids is 1. The summed E-state index contributed by atoms with van der Waals surface area (Å²) in [5, 5.41) is 8.86. The molecule has 0 saturated heterocycles. The molecule has 0 aromatic rings. The maximum atomic E-state index is 12.4. The summed E-state index contributed by atoms with van der Waals surface area (Å²) in [7, 11) is 0. The summed E-state index contributed by atoms with van der Waals surface area (Å²) in [5.41, 5.74) is 0. The third kappa shape index (κ3) is 3.92. The van der Waals surface area contributed by atoms with E-state index in [0.717, 1.165) is 0 Å². The SMILES string of the molecule is CCCN(CC(F)F)C(=O)[C@@H]1CC[C@H](C(=O)O)C1. The second-order valence-electron chi connectivity index (χ2n) is 4.72. The summed E-state index contributed by atoms with van der Waals surface area (Å²) < 4.78 is 24.7. The van der Waals surface area contributed by atoms with Crippen LogP contribution in [-0.4, -0.2) is 41.4 Å². The fourth-order valence-corrected chi connectivity index (χ4v) is 2.42. The molecule has 2 atom stereocenters. The normalized spacial score (nSPS) is 23.3. The zero-order chi connectivity index (χ0) is 13.7. The van der Waals surface area contributed by atoms with Crippen molar-refractivity contribution in [1.29, 1.82) is 0 Å². The highest BCUT2D eigenvalue weighted by Gasteiger charge is 2.36. The Morgan fingerprint density at radius 1 is 1.33 bits per heavy atom. The van der Waals surface area contributed by atoms with Gasteiger partial charge in [0, 0.05) is 12.5 Å². The first-order chi connectivity index (χ1) is 8.45. The van der Waals surface area contributed by atoms with Crippen LogP contribution >= 0.6 is 0 Å². The maximum absolute atomic E-state index is 12.4. The number of alkyl halides is 2. The van der Waals surface area contributed by atoms with Gasteiger partial charge in [0.2, 0.25) is 5.91 Å². The lowest BCUT2D eigenvalue weighted by Gasteiger charge is -2.24. The van der Waals surface area contributed by atoms with Crippen LogP contribution in [0.2, 0.25) is 0 Å². The standard InChI is InChI=1S/C12H19F2NO3/c1-2-5-15(7-10(13)14)11(16)8-3-4-9(6-8)12(17)18/h8-10H,2-7H2,1H3,(H,17,18)/t8-,9+/m1/s1. The third-order valence-electron chi connectivity index (χ3n) is 3.29. The van der Waals surface area contributed by atoms with Gasteiger partial charge in [0.05, 0.1) is 12.5 Å². The van der Waals surface area contributed by atoms with Crippen LogP contribution in [0.4, 0.5) is 8.78 Å². The van der Waals surface area contributed by atoms with Gasteiger partial charge < -0.3 is 10.0 Å². The molecule has 1 rings (SSSR count). The molecule has 0 aromatic heterocycles. The highest BCUT2D eigenvalue weighted by atomic mass is 19.3. The third-order valence-corrected chi connectivity index (χ3v) is 3.29. The predicted octanol–water partition coefficient (Wildman–Crippen LogP) is 1.99. The molecule has 1 fully saturated rings. The van der Waals surface area contributed by atoms with Crippen LogP contribution in [0.15, 0.2) is 0 Å². The van der Waals surface area contributed by atoms with Crippen molar-refractivity contribution in [1.82, 2.24) is 4.90 Å². The molecule has 0 unspecified atom stereocenters. The average Bonchev–Trinajstić information content (AvgIpc) is 2.76. The largest absolute Gasteiger partial charge is 0.481 e. The van der Waals surface area contributed by atoms with Crippen LogP contribution in [0.5, 0.6) is 0 Å². The fourth-order valence-electron chi connectivity index (χ4n) is 2.42. The molecule has 104 valence electrons. The number of carbonyl (C=O) groups is 2. The van der Waals surface area contributed by atoms with Gasteiger partial charge in [-0.3, -0.25) is 9.59 Å². The molecule has 0 radical (unpaired) electrons. The highest BCUT2D eigenvalue weighted by Crippen LogP contribution is 2.32. The smallest absolute Gasteiger partial charge is 0.306 e. The fraction of sp³-hybridized carbons (Fsp3) is 0.833. The van der Waals surface area contributed by atoms with Crippen molar-refractivity contribution in [3.05, 3.63) is 0 Å². The van der Waals surface area contributed by atoms with Crippen LogP contribution in [0, 0.1) is 11.8 Å². The lowest BCUT2D eigenvalue weighted by molar-refractivity contribution is -0.142. The van der Waals surface area contributed by atoms with Gasteiger partial charge in [0.25, 0.3) is 6.43 Å². The van der Waals surface area contributed by atoms with E-state index in [0.29, 0.717) is 25.8 Å². The first-order valence-corrected chi connectivity index (χ1v) is 6.25. The monoisotopic (exact) mass is 263 g/mol. The van der Waals surface area contributed by atoms with Gasteiger partial charge in [-0.05, 0) is 25.7 Å². The van der Waals surface area contributed by atoms with Crippen molar-refractivity contribution in [2.24, 2.45) is 11.8 Å². The molecule has 1 amide bonds. The highest BCUT2D eigenvalue weighted by molar-refractivity contribution is 5.81. The average molecular weight is 263 g/mol. The van der Waals surface area contributed by atoms with Crippen LogP contribution < -0.4 is 0 Å². The molecule has 0 heterocycles. The van der Waals surface area contributed by atoms with E-state index >= 15 is 0 Å². The Morgan fingerprint density at radius 3 is 2.39 bits per heavy atom. The van der Waals surface area contributed by atoms with E-state index in [9.17, 15) is 18.4 Å². The van der Waals surface area contributed by atoms with Crippen molar-refractivity contribution in [3.63, 3.8) is 0 Å². The van der Waals surface area contributed by atoms with Gasteiger partial charge in [-0.1, -0.05) is 6.92 Å². The predicted molar refractivity (Wildman–Crippen MR) is 61.3 cm³/mol. The number of carboxylic acid groups (broad SMARTS) is 1. The molecule has 1 N–H and O–H groups in total. The topological polar surface area (TPSA) is 57.6 Å². The van der Waals surface area contributed by atoms with Crippen molar-refractivity contribution in [2.45, 2.75) is 39.0 Å². The summed E-state index contributed by atoms with van der Waals surface area (Å²) in [6, 6.07) is 0. The summed E-state index contributed by atoms with van der Waals surface area (Å²) in [5.74, 6) is -2.13. The first kappa shape index (κ1) is 14.9. The van der Waals surface area contributed by atoms with Gasteiger partial charge in [-0.25, -0.2) is 8.78 Å². The molecule has 0 spiro atoms. The van der Waals surface area contributed by atoms with Gasteiger partial charge >= 0.3 is 5.97 Å². The van der Waals surface area contributed by atoms with Crippen LogP contribution in [-0.2, 0) is 9.59 Å². The minimum atomic E-state index is -2.54. The Kier molecular flexibility index (Phi) is 5.50. The van der Waals surface area contributed by atoms with Crippen molar-refractivity contribution in [2.75, 3.05) is 13.1 Å². The molecular formula is C12H19F2NO3. The number of amides is 1. The summed E-state index contributed by atoms with van der Waals surface area (Å²) in [6.45, 7) is 1.57. The summed E-state index contributed by atoms with van der Waals surface area (Å²) >= 11 is 0. The second-order valence-corrected chi connectivity index (χ2v) is 4.72. The Hall–Kier alpha value is -1.20. The lowest BCUT2D eigenvalue weighted by Crippen LogP contribution is -2.39. The zero-order valence-corrected chi connectivity index (χ0v) is 10.4. The molecule has 6 heteroatoms. The summed E-state index contributed by atoms with van der Waals surface area (Å²) in [4.78, 5) is 24.0. The maximum Gasteiger partial charge on any atom is 0.306 e. The van der Waals surface area contributed by atoms with Crippen molar-refractivity contribution in [3.8, 4) is 0 Å². The number of rotatable bonds is 6. The minimum Gasteiger partial charge on any atom is -0.481 e. The van der Waals surface area contributed by atoms with Crippen LogP contribution in [0.3, 0.4) is 0 Å². The Bertz CT molecular complexity index is 310. The Labute approximate surface area is 105 Å². The van der Waals surface area contributed by atoms with Crippen molar-refractivity contribution < 1.29 is 23.5 Å². The quantitative estimate of drug-likeness (QED) is 0.797. The van der Waals surface area contributed by atoms with Gasteiger partial charge in [-0.2, -0.15) is 0 Å². The van der Waals surface area contributed by atoms with E-state index in [1.54, 1.807) is 0 Å². The molecule has 1 aliphatic carbocycles. The van der Waals surface area contributed by atoms with Crippen LogP contribution in [0.25, 0.3) is 0 Å². The molecule has 0 aromatic carbocycles. The van der Waals surface area contributed by atoms with E-state index < -0.39 is 30.8 Å². The van der Waals surface area contributed by atoms with Gasteiger partial charge in [0.15, 0.2) is 0 Å². The molecule has 0 bridgehead atoms. The van der Waals surface area contributed by atoms with Crippen molar-refractivity contribution >= 4 is 11.9 Å². The molecule has 0 aliphatic heterocycles.